The van der Waals surface area contributed by atoms with Gasteiger partial charge in [-0.3, -0.25) is 9.59 Å². The fourth-order valence-electron chi connectivity index (χ4n) is 3.60. The molecular weight excluding hydrogens is 443 g/mol. The number of nitrogens with one attached hydrogen (secondary N) is 1. The van der Waals surface area contributed by atoms with Crippen LogP contribution in [0, 0.1) is 5.82 Å². The average molecular weight is 463 g/mol. The maximum absolute atomic E-state index is 13.2. The normalized spacial score (nSPS) is 17.4. The van der Waals surface area contributed by atoms with Crippen molar-refractivity contribution in [2.75, 3.05) is 12.4 Å². The van der Waals surface area contributed by atoms with Crippen LogP contribution in [-0.2, 0) is 27.8 Å². The second-order valence-electron chi connectivity index (χ2n) is 7.19. The summed E-state index contributed by atoms with van der Waals surface area (Å²) in [5.74, 6) is -1.84. The zero-order valence-electron chi connectivity index (χ0n) is 16.5. The van der Waals surface area contributed by atoms with Crippen LogP contribution in [0.5, 0.6) is 0 Å². The van der Waals surface area contributed by atoms with Crippen LogP contribution in [0.4, 0.5) is 9.39 Å². The Bertz CT molecular complexity index is 1250. The van der Waals surface area contributed by atoms with Crippen molar-refractivity contribution >= 4 is 44.1 Å². The van der Waals surface area contributed by atoms with Gasteiger partial charge in [0.2, 0.25) is 0 Å². The lowest BCUT2D eigenvalue weighted by Crippen LogP contribution is -2.35. The molecule has 2 amide bonds. The Kier molecular flexibility index (Phi) is 5.40. The van der Waals surface area contributed by atoms with Gasteiger partial charge in [0.05, 0.1) is 11.3 Å². The van der Waals surface area contributed by atoms with Crippen LogP contribution in [0.2, 0.25) is 0 Å². The first-order chi connectivity index (χ1) is 14.7. The van der Waals surface area contributed by atoms with Gasteiger partial charge in [0.25, 0.3) is 11.8 Å². The Morgan fingerprint density at radius 3 is 2.55 bits per heavy atom. The smallest absolute Gasteiger partial charge is 0.345 e. The number of hydrogen-bond acceptors (Lipinski definition) is 5. The van der Waals surface area contributed by atoms with E-state index in [1.165, 1.54) is 48.7 Å². The molecule has 1 aromatic heterocycles. The first-order valence-corrected chi connectivity index (χ1v) is 11.7. The Labute approximate surface area is 182 Å². The molecule has 0 saturated heterocycles. The number of nitrogens with zero attached hydrogens (tertiary/aromatic N) is 2. The summed E-state index contributed by atoms with van der Waals surface area (Å²) in [4.78, 5) is 26.1. The second-order valence-corrected chi connectivity index (χ2v) is 9.92. The van der Waals surface area contributed by atoms with Crippen LogP contribution in [-0.4, -0.2) is 37.3 Å². The van der Waals surface area contributed by atoms with Crippen molar-refractivity contribution < 1.29 is 22.4 Å². The van der Waals surface area contributed by atoms with Crippen molar-refractivity contribution in [1.82, 2.24) is 4.31 Å². The summed E-state index contributed by atoms with van der Waals surface area (Å²) in [7, 11) is -2.97. The maximum Gasteiger partial charge on any atom is 0.345 e. The first-order valence-electron chi connectivity index (χ1n) is 9.49. The molecule has 3 N–H and O–H groups in total. The fourth-order valence-corrected chi connectivity index (χ4v) is 5.81. The third-order valence-corrected chi connectivity index (χ3v) is 7.71. The van der Waals surface area contributed by atoms with E-state index in [1.807, 2.05) is 0 Å². The van der Waals surface area contributed by atoms with Crippen LogP contribution in [0.25, 0.3) is 0 Å². The number of nitrogens with two attached hydrogens (primary N) is 1. The standard InChI is InChI=1S/C20H19FN4O4S2/c1-25-15(10-14(24-31(25,28)29)11-6-8-12(21)9-7-11)19(27)23-20-17(18(22)26)13-4-2-3-5-16(13)30-20/h6-10H,2-5H2,1H3,(H2,22,26)(H,23,27). The van der Waals surface area contributed by atoms with Gasteiger partial charge in [-0.25, -0.2) is 8.70 Å². The predicted octanol–water partition coefficient (Wildman–Crippen LogP) is 2.37. The van der Waals surface area contributed by atoms with Gasteiger partial charge in [0.15, 0.2) is 0 Å². The molecule has 11 heteroatoms. The van der Waals surface area contributed by atoms with Crippen molar-refractivity contribution in [2.45, 2.75) is 25.7 Å². The third-order valence-electron chi connectivity index (χ3n) is 5.19. The molecule has 0 fully saturated rings. The molecule has 1 aliphatic carbocycles. The van der Waals surface area contributed by atoms with Crippen molar-refractivity contribution in [1.29, 1.82) is 0 Å². The highest BCUT2D eigenvalue weighted by atomic mass is 32.2. The number of anilines is 1. The minimum atomic E-state index is -4.17. The van der Waals surface area contributed by atoms with Gasteiger partial charge < -0.3 is 11.1 Å². The molecule has 4 rings (SSSR count). The first kappa shape index (κ1) is 21.2. The Morgan fingerprint density at radius 1 is 1.19 bits per heavy atom. The van der Waals surface area contributed by atoms with Gasteiger partial charge in [-0.2, -0.15) is 8.42 Å². The van der Waals surface area contributed by atoms with Crippen LogP contribution in [0.15, 0.2) is 40.4 Å². The highest BCUT2D eigenvalue weighted by Gasteiger charge is 2.32. The minimum absolute atomic E-state index is 0.00356. The molecule has 2 aromatic rings. The Hall–Kier alpha value is -3.05. The zero-order valence-corrected chi connectivity index (χ0v) is 18.1. The van der Waals surface area contributed by atoms with E-state index >= 15 is 0 Å². The molecule has 0 spiro atoms. The van der Waals surface area contributed by atoms with Gasteiger partial charge in [-0.1, -0.05) is 0 Å². The van der Waals surface area contributed by atoms with Crippen LogP contribution >= 0.6 is 11.3 Å². The number of primary amides is 1. The highest BCUT2D eigenvalue weighted by Crippen LogP contribution is 2.38. The van der Waals surface area contributed by atoms with E-state index in [4.69, 9.17) is 5.73 Å². The van der Waals surface area contributed by atoms with E-state index in [1.54, 1.807) is 0 Å². The molecule has 0 bridgehead atoms. The summed E-state index contributed by atoms with van der Waals surface area (Å²) >= 11 is 1.28. The van der Waals surface area contributed by atoms with Crippen LogP contribution in [0.1, 0.15) is 39.2 Å². The summed E-state index contributed by atoms with van der Waals surface area (Å²) in [6, 6.07) is 5.09. The molecule has 0 radical (unpaired) electrons. The Balaban J connectivity index is 1.71. The summed E-state index contributed by atoms with van der Waals surface area (Å²) in [5, 5.41) is 2.96. The van der Waals surface area contributed by atoms with E-state index in [-0.39, 0.29) is 17.0 Å². The maximum atomic E-state index is 13.2. The largest absolute Gasteiger partial charge is 0.365 e. The number of carbonyl (C=O) groups is 2. The van der Waals surface area contributed by atoms with Crippen LogP contribution < -0.4 is 11.1 Å². The molecule has 0 unspecified atom stereocenters. The SMILES string of the molecule is CN1C(C(=O)Nc2sc3c(c2C(N)=O)CCCC3)=CC(c2ccc(F)cc2)=NS1(=O)=O. The summed E-state index contributed by atoms with van der Waals surface area (Å²) < 4.78 is 42.7. The third kappa shape index (κ3) is 3.98. The topological polar surface area (TPSA) is 122 Å². The van der Waals surface area contributed by atoms with Crippen LogP contribution in [0.3, 0.4) is 0 Å². The molecule has 2 aliphatic rings. The summed E-state index contributed by atoms with van der Waals surface area (Å²) in [6.45, 7) is 0. The molecule has 162 valence electrons. The van der Waals surface area contributed by atoms with Crippen molar-refractivity contribution in [3.8, 4) is 0 Å². The molecule has 2 heterocycles. The lowest BCUT2D eigenvalue weighted by Gasteiger charge is -2.23. The summed E-state index contributed by atoms with van der Waals surface area (Å²) in [6.07, 6.45) is 4.73. The number of allylic oxidation sites excluding steroid dienone is 1. The summed E-state index contributed by atoms with van der Waals surface area (Å²) in [5.41, 5.74) is 6.86. The highest BCUT2D eigenvalue weighted by molar-refractivity contribution is 7.88. The predicted molar refractivity (Wildman–Crippen MR) is 116 cm³/mol. The van der Waals surface area contributed by atoms with Gasteiger partial charge in [-0.05, 0) is 61.6 Å². The molecule has 0 saturated carbocycles. The van der Waals surface area contributed by atoms with E-state index in [0.29, 0.717) is 17.0 Å². The quantitative estimate of drug-likeness (QED) is 0.724. The molecular formula is C20H19FN4O4S2. The number of hydrogen-bond donors (Lipinski definition) is 2. The van der Waals surface area contributed by atoms with Crippen molar-refractivity contribution in [3.05, 3.63) is 63.4 Å². The van der Waals surface area contributed by atoms with E-state index < -0.39 is 27.8 Å². The molecule has 0 atom stereocenters. The number of halogens is 1. The number of carbonyl (C=O) groups excluding carboxylic acids is 2. The number of likely N-dealkylation sites (N-methyl/N-ethyl adjacent to an activating group) is 1. The lowest BCUT2D eigenvalue weighted by atomic mass is 9.95. The molecule has 1 aromatic carbocycles. The monoisotopic (exact) mass is 462 g/mol. The number of aryl methyl sites for hydroxylation is 1. The van der Waals surface area contributed by atoms with E-state index in [2.05, 4.69) is 9.71 Å². The van der Waals surface area contributed by atoms with Gasteiger partial charge >= 0.3 is 10.2 Å². The molecule has 8 nitrogen and oxygen atoms in total. The number of amides is 2. The van der Waals surface area contributed by atoms with Gasteiger partial charge in [0.1, 0.15) is 16.5 Å². The van der Waals surface area contributed by atoms with E-state index in [0.717, 1.165) is 34.0 Å². The number of benzene rings is 1. The second kappa shape index (κ2) is 7.89. The Morgan fingerprint density at radius 2 is 1.87 bits per heavy atom. The molecule has 31 heavy (non-hydrogen) atoms. The average Bonchev–Trinajstić information content (AvgIpc) is 3.08. The number of rotatable bonds is 4. The number of thiophene rings is 1. The van der Waals surface area contributed by atoms with Gasteiger partial charge in [-0.15, -0.1) is 15.7 Å². The zero-order chi connectivity index (χ0) is 22.3. The molecule has 1 aliphatic heterocycles. The van der Waals surface area contributed by atoms with Gasteiger partial charge in [0, 0.05) is 17.5 Å². The van der Waals surface area contributed by atoms with Crippen molar-refractivity contribution in [3.63, 3.8) is 0 Å². The van der Waals surface area contributed by atoms with Crippen molar-refractivity contribution in [2.24, 2.45) is 10.1 Å². The lowest BCUT2D eigenvalue weighted by molar-refractivity contribution is -0.113. The van der Waals surface area contributed by atoms with E-state index in [9.17, 15) is 22.4 Å². The number of fused-ring (bicyclic) bond motifs is 1. The minimum Gasteiger partial charge on any atom is -0.365 e. The fraction of sp³-hybridized carbons (Fsp3) is 0.250.